The standard InChI is InChI=1S/C17H31N5O2S/c1-5-18-17(20-13-8-7-9-14(10-13)25-4)19-11-15-21-16(22-24-15)12(3)23-6-2/h12-14H,5-11H2,1-4H3,(H2,18,19,20). The van der Waals surface area contributed by atoms with Crippen LogP contribution in [-0.2, 0) is 11.3 Å². The molecule has 1 aliphatic carbocycles. The van der Waals surface area contributed by atoms with Crippen LogP contribution in [0.5, 0.6) is 0 Å². The number of ether oxygens (including phenoxy) is 1. The predicted octanol–water partition coefficient (Wildman–Crippen LogP) is 2.90. The summed E-state index contributed by atoms with van der Waals surface area (Å²) in [5.74, 6) is 1.89. The van der Waals surface area contributed by atoms with Crippen molar-refractivity contribution in [1.29, 1.82) is 0 Å². The molecule has 1 saturated carbocycles. The van der Waals surface area contributed by atoms with Gasteiger partial charge in [-0.25, -0.2) is 4.99 Å². The summed E-state index contributed by atoms with van der Waals surface area (Å²) < 4.78 is 10.8. The third-order valence-corrected chi connectivity index (χ3v) is 5.38. The SMILES string of the molecule is CCNC(=NCc1nc(C(C)OCC)no1)NC1CCCC(SC)C1. The van der Waals surface area contributed by atoms with Gasteiger partial charge in [-0.05, 0) is 46.3 Å². The number of thioether (sulfide) groups is 1. The van der Waals surface area contributed by atoms with Crippen molar-refractivity contribution in [1.82, 2.24) is 20.8 Å². The van der Waals surface area contributed by atoms with Crippen LogP contribution in [0.25, 0.3) is 0 Å². The molecule has 8 heteroatoms. The highest BCUT2D eigenvalue weighted by Crippen LogP contribution is 2.26. The first-order chi connectivity index (χ1) is 12.2. The molecule has 3 unspecified atom stereocenters. The molecule has 142 valence electrons. The fourth-order valence-corrected chi connectivity index (χ4v) is 3.80. The van der Waals surface area contributed by atoms with E-state index in [2.05, 4.69) is 38.9 Å². The Balaban J connectivity index is 1.92. The van der Waals surface area contributed by atoms with E-state index in [-0.39, 0.29) is 6.10 Å². The Labute approximate surface area is 154 Å². The highest BCUT2D eigenvalue weighted by atomic mass is 32.2. The molecule has 1 heterocycles. The molecule has 7 nitrogen and oxygen atoms in total. The minimum atomic E-state index is -0.163. The summed E-state index contributed by atoms with van der Waals surface area (Å²) in [6.07, 6.45) is 6.99. The second kappa shape index (κ2) is 10.7. The Morgan fingerprint density at radius 1 is 1.44 bits per heavy atom. The van der Waals surface area contributed by atoms with E-state index >= 15 is 0 Å². The Hall–Kier alpha value is -1.28. The average molecular weight is 370 g/mol. The maximum absolute atomic E-state index is 5.48. The lowest BCUT2D eigenvalue weighted by Gasteiger charge is -2.29. The number of rotatable bonds is 8. The molecular formula is C17H31N5O2S. The Bertz CT molecular complexity index is 537. The number of hydrogen-bond donors (Lipinski definition) is 2. The van der Waals surface area contributed by atoms with Gasteiger partial charge in [0, 0.05) is 24.4 Å². The van der Waals surface area contributed by atoms with Gasteiger partial charge in [-0.2, -0.15) is 16.7 Å². The van der Waals surface area contributed by atoms with E-state index in [1.54, 1.807) is 0 Å². The summed E-state index contributed by atoms with van der Waals surface area (Å²) in [4.78, 5) is 8.96. The molecule has 25 heavy (non-hydrogen) atoms. The highest BCUT2D eigenvalue weighted by molar-refractivity contribution is 7.99. The molecule has 0 saturated heterocycles. The smallest absolute Gasteiger partial charge is 0.248 e. The Kier molecular flexibility index (Phi) is 8.54. The van der Waals surface area contributed by atoms with Crippen molar-refractivity contribution in [2.24, 2.45) is 4.99 Å². The molecule has 1 aliphatic rings. The zero-order valence-electron chi connectivity index (χ0n) is 15.7. The minimum Gasteiger partial charge on any atom is -0.371 e. The summed E-state index contributed by atoms with van der Waals surface area (Å²) in [6, 6.07) is 0.472. The lowest BCUT2D eigenvalue weighted by molar-refractivity contribution is 0.0683. The maximum atomic E-state index is 5.48. The molecule has 1 aromatic heterocycles. The zero-order chi connectivity index (χ0) is 18.1. The third kappa shape index (κ3) is 6.51. The lowest BCUT2D eigenvalue weighted by atomic mass is 9.95. The van der Waals surface area contributed by atoms with E-state index < -0.39 is 0 Å². The first-order valence-corrected chi connectivity index (χ1v) is 10.5. The summed E-state index contributed by atoms with van der Waals surface area (Å²) in [6.45, 7) is 7.73. The van der Waals surface area contributed by atoms with Crippen LogP contribution in [0.1, 0.15) is 64.3 Å². The van der Waals surface area contributed by atoms with Gasteiger partial charge in [0.2, 0.25) is 5.89 Å². The van der Waals surface area contributed by atoms with Gasteiger partial charge in [0.25, 0.3) is 0 Å². The number of aromatic nitrogens is 2. The van der Waals surface area contributed by atoms with E-state index in [1.165, 1.54) is 25.7 Å². The van der Waals surface area contributed by atoms with Gasteiger partial charge in [0.1, 0.15) is 12.6 Å². The van der Waals surface area contributed by atoms with E-state index in [4.69, 9.17) is 9.26 Å². The van der Waals surface area contributed by atoms with Crippen LogP contribution in [0.2, 0.25) is 0 Å². The van der Waals surface area contributed by atoms with Crippen molar-refractivity contribution in [3.05, 3.63) is 11.7 Å². The first kappa shape index (κ1) is 20.0. The molecule has 3 atom stereocenters. The molecule has 1 fully saturated rings. The van der Waals surface area contributed by atoms with Crippen LogP contribution in [-0.4, -0.2) is 46.8 Å². The highest BCUT2D eigenvalue weighted by Gasteiger charge is 2.22. The maximum Gasteiger partial charge on any atom is 0.248 e. The van der Waals surface area contributed by atoms with Crippen LogP contribution >= 0.6 is 11.8 Å². The minimum absolute atomic E-state index is 0.163. The number of nitrogens with one attached hydrogen (secondary N) is 2. The zero-order valence-corrected chi connectivity index (χ0v) is 16.6. The first-order valence-electron chi connectivity index (χ1n) is 9.17. The third-order valence-electron chi connectivity index (χ3n) is 4.28. The fourth-order valence-electron chi connectivity index (χ4n) is 2.97. The van der Waals surface area contributed by atoms with E-state index in [1.807, 2.05) is 25.6 Å². The molecule has 0 radical (unpaired) electrons. The van der Waals surface area contributed by atoms with Crippen LogP contribution < -0.4 is 10.6 Å². The van der Waals surface area contributed by atoms with Crippen molar-refractivity contribution in [3.63, 3.8) is 0 Å². The van der Waals surface area contributed by atoms with E-state index in [0.29, 0.717) is 30.9 Å². The van der Waals surface area contributed by atoms with Gasteiger partial charge in [-0.3, -0.25) is 0 Å². The summed E-state index contributed by atoms with van der Waals surface area (Å²) in [5, 5.41) is 11.6. The number of nitrogens with zero attached hydrogens (tertiary/aromatic N) is 3. The van der Waals surface area contributed by atoms with E-state index in [0.717, 1.165) is 17.8 Å². The molecule has 2 rings (SSSR count). The fraction of sp³-hybridized carbons (Fsp3) is 0.824. The van der Waals surface area contributed by atoms with Gasteiger partial charge in [0.15, 0.2) is 11.8 Å². The van der Waals surface area contributed by atoms with Crippen LogP contribution in [0.4, 0.5) is 0 Å². The van der Waals surface area contributed by atoms with Crippen molar-refractivity contribution >= 4 is 17.7 Å². The van der Waals surface area contributed by atoms with Gasteiger partial charge in [-0.15, -0.1) is 0 Å². The molecule has 0 amide bonds. The molecule has 0 aromatic carbocycles. The number of guanidine groups is 1. The largest absolute Gasteiger partial charge is 0.371 e. The summed E-state index contributed by atoms with van der Waals surface area (Å²) >= 11 is 1.96. The van der Waals surface area contributed by atoms with Crippen LogP contribution in [0, 0.1) is 0 Å². The van der Waals surface area contributed by atoms with Gasteiger partial charge in [0.05, 0.1) is 0 Å². The van der Waals surface area contributed by atoms with Crippen molar-refractivity contribution < 1.29 is 9.26 Å². The van der Waals surface area contributed by atoms with Crippen LogP contribution in [0.15, 0.2) is 9.52 Å². The topological polar surface area (TPSA) is 84.6 Å². The quantitative estimate of drug-likeness (QED) is 0.538. The Morgan fingerprint density at radius 2 is 2.28 bits per heavy atom. The van der Waals surface area contributed by atoms with Crippen LogP contribution in [0.3, 0.4) is 0 Å². The van der Waals surface area contributed by atoms with Gasteiger partial charge in [-0.1, -0.05) is 11.6 Å². The molecular weight excluding hydrogens is 338 g/mol. The molecule has 2 N–H and O–H groups in total. The second-order valence-electron chi connectivity index (χ2n) is 6.20. The van der Waals surface area contributed by atoms with E-state index in [9.17, 15) is 0 Å². The monoisotopic (exact) mass is 369 g/mol. The number of hydrogen-bond acceptors (Lipinski definition) is 6. The van der Waals surface area contributed by atoms with Crippen molar-refractivity contribution in [2.45, 2.75) is 70.4 Å². The Morgan fingerprint density at radius 3 is 3.00 bits per heavy atom. The second-order valence-corrected chi connectivity index (χ2v) is 7.34. The van der Waals surface area contributed by atoms with Gasteiger partial charge >= 0.3 is 0 Å². The molecule has 0 aliphatic heterocycles. The summed E-state index contributed by atoms with van der Waals surface area (Å²) in [5.41, 5.74) is 0. The normalized spacial score (nSPS) is 22.6. The molecule has 1 aromatic rings. The van der Waals surface area contributed by atoms with Gasteiger partial charge < -0.3 is 19.9 Å². The van der Waals surface area contributed by atoms with Crippen molar-refractivity contribution in [3.8, 4) is 0 Å². The lowest BCUT2D eigenvalue weighted by Crippen LogP contribution is -2.45. The van der Waals surface area contributed by atoms with Crippen molar-refractivity contribution in [2.75, 3.05) is 19.4 Å². The average Bonchev–Trinajstić information content (AvgIpc) is 3.09. The summed E-state index contributed by atoms with van der Waals surface area (Å²) in [7, 11) is 0. The number of aliphatic imine (C=N–C) groups is 1. The predicted molar refractivity (Wildman–Crippen MR) is 102 cm³/mol. The molecule has 0 bridgehead atoms. The molecule has 0 spiro atoms.